The summed E-state index contributed by atoms with van der Waals surface area (Å²) in [6.07, 6.45) is 4.40. The SMILES string of the molecule is CCCNCC1(Cc2ccc(Cl)c(Cl)c2)CCOCC1. The van der Waals surface area contributed by atoms with E-state index in [1.807, 2.05) is 12.1 Å². The zero-order valence-corrected chi connectivity index (χ0v) is 13.6. The fourth-order valence-electron chi connectivity index (χ4n) is 2.83. The summed E-state index contributed by atoms with van der Waals surface area (Å²) in [4.78, 5) is 0. The Balaban J connectivity index is 2.07. The van der Waals surface area contributed by atoms with Crippen LogP contribution in [0.3, 0.4) is 0 Å². The van der Waals surface area contributed by atoms with E-state index in [1.165, 1.54) is 12.0 Å². The normalized spacial score (nSPS) is 18.1. The lowest BCUT2D eigenvalue weighted by Crippen LogP contribution is -2.41. The molecule has 112 valence electrons. The van der Waals surface area contributed by atoms with E-state index >= 15 is 0 Å². The van der Waals surface area contributed by atoms with E-state index in [-0.39, 0.29) is 5.41 Å². The van der Waals surface area contributed by atoms with Gasteiger partial charge in [0.25, 0.3) is 0 Å². The molecule has 0 aliphatic carbocycles. The van der Waals surface area contributed by atoms with E-state index in [2.05, 4.69) is 18.3 Å². The molecule has 1 fully saturated rings. The Hall–Kier alpha value is -0.280. The Morgan fingerprint density at radius 1 is 1.20 bits per heavy atom. The lowest BCUT2D eigenvalue weighted by molar-refractivity contribution is 0.0150. The largest absolute Gasteiger partial charge is 0.381 e. The average molecular weight is 316 g/mol. The van der Waals surface area contributed by atoms with Crippen LogP contribution in [0.1, 0.15) is 31.7 Å². The first-order valence-corrected chi connectivity index (χ1v) is 8.13. The molecule has 1 heterocycles. The van der Waals surface area contributed by atoms with Gasteiger partial charge in [-0.3, -0.25) is 0 Å². The summed E-state index contributed by atoms with van der Waals surface area (Å²) in [5, 5.41) is 4.85. The van der Waals surface area contributed by atoms with Crippen molar-refractivity contribution in [3.8, 4) is 0 Å². The fraction of sp³-hybridized carbons (Fsp3) is 0.625. The van der Waals surface area contributed by atoms with Gasteiger partial charge in [-0.2, -0.15) is 0 Å². The highest BCUT2D eigenvalue weighted by molar-refractivity contribution is 6.42. The van der Waals surface area contributed by atoms with E-state index in [1.54, 1.807) is 0 Å². The molecule has 2 rings (SSSR count). The topological polar surface area (TPSA) is 21.3 Å². The Morgan fingerprint density at radius 3 is 2.60 bits per heavy atom. The molecule has 0 amide bonds. The second-order valence-corrected chi connectivity index (χ2v) is 6.53. The standard InChI is InChI=1S/C16H23Cl2NO/c1-2-7-19-12-16(5-8-20-9-6-16)11-13-3-4-14(17)15(18)10-13/h3-4,10,19H,2,5-9,11-12H2,1H3. The Labute approximate surface area is 131 Å². The van der Waals surface area contributed by atoms with Gasteiger partial charge in [-0.1, -0.05) is 36.2 Å². The third-order valence-electron chi connectivity index (χ3n) is 4.04. The molecule has 1 aromatic carbocycles. The maximum Gasteiger partial charge on any atom is 0.0595 e. The Bertz CT molecular complexity index is 430. The molecule has 1 aliphatic heterocycles. The first-order chi connectivity index (χ1) is 9.65. The van der Waals surface area contributed by atoms with E-state index in [0.29, 0.717) is 10.0 Å². The summed E-state index contributed by atoms with van der Waals surface area (Å²) in [6.45, 7) is 6.03. The minimum absolute atomic E-state index is 0.282. The van der Waals surface area contributed by atoms with Crippen LogP contribution in [-0.4, -0.2) is 26.3 Å². The van der Waals surface area contributed by atoms with Crippen LogP contribution >= 0.6 is 23.2 Å². The van der Waals surface area contributed by atoms with Gasteiger partial charge in [-0.05, 0) is 55.3 Å². The van der Waals surface area contributed by atoms with Gasteiger partial charge >= 0.3 is 0 Å². The molecule has 20 heavy (non-hydrogen) atoms. The minimum atomic E-state index is 0.282. The molecule has 0 radical (unpaired) electrons. The van der Waals surface area contributed by atoms with Crippen molar-refractivity contribution in [2.45, 2.75) is 32.6 Å². The van der Waals surface area contributed by atoms with E-state index in [4.69, 9.17) is 27.9 Å². The lowest BCUT2D eigenvalue weighted by atomic mass is 9.75. The Kier molecular flexibility index (Phi) is 6.16. The molecule has 0 atom stereocenters. The number of hydrogen-bond acceptors (Lipinski definition) is 2. The van der Waals surface area contributed by atoms with E-state index in [0.717, 1.165) is 45.6 Å². The predicted molar refractivity (Wildman–Crippen MR) is 85.8 cm³/mol. The van der Waals surface area contributed by atoms with Gasteiger partial charge < -0.3 is 10.1 Å². The van der Waals surface area contributed by atoms with Crippen molar-refractivity contribution in [1.82, 2.24) is 5.32 Å². The third kappa shape index (κ3) is 4.36. The van der Waals surface area contributed by atoms with Gasteiger partial charge in [0.15, 0.2) is 0 Å². The molecule has 1 aromatic rings. The maximum atomic E-state index is 6.13. The summed E-state index contributed by atoms with van der Waals surface area (Å²) in [5.74, 6) is 0. The molecule has 1 aliphatic rings. The molecule has 4 heteroatoms. The van der Waals surface area contributed by atoms with Gasteiger partial charge in [-0.15, -0.1) is 0 Å². The molecule has 0 spiro atoms. The van der Waals surface area contributed by atoms with Gasteiger partial charge in [0.1, 0.15) is 0 Å². The number of nitrogens with one attached hydrogen (secondary N) is 1. The van der Waals surface area contributed by atoms with Crippen LogP contribution in [0.15, 0.2) is 18.2 Å². The molecule has 1 saturated heterocycles. The van der Waals surface area contributed by atoms with Crippen molar-refractivity contribution in [3.63, 3.8) is 0 Å². The molecular weight excluding hydrogens is 293 g/mol. The highest BCUT2D eigenvalue weighted by Gasteiger charge is 2.32. The molecule has 0 unspecified atom stereocenters. The predicted octanol–water partition coefficient (Wildman–Crippen LogP) is 4.33. The summed E-state index contributed by atoms with van der Waals surface area (Å²) >= 11 is 12.1. The first kappa shape index (κ1) is 16.1. The molecule has 0 bridgehead atoms. The van der Waals surface area contributed by atoms with Crippen molar-refractivity contribution in [2.24, 2.45) is 5.41 Å². The minimum Gasteiger partial charge on any atom is -0.381 e. The zero-order chi connectivity index (χ0) is 14.4. The second-order valence-electron chi connectivity index (χ2n) is 5.71. The van der Waals surface area contributed by atoms with Crippen LogP contribution in [0.5, 0.6) is 0 Å². The van der Waals surface area contributed by atoms with Crippen molar-refractivity contribution >= 4 is 23.2 Å². The molecule has 0 aromatic heterocycles. The number of rotatable bonds is 6. The molecule has 2 nitrogen and oxygen atoms in total. The Morgan fingerprint density at radius 2 is 1.95 bits per heavy atom. The van der Waals surface area contributed by atoms with E-state index < -0.39 is 0 Å². The third-order valence-corrected chi connectivity index (χ3v) is 4.78. The van der Waals surface area contributed by atoms with E-state index in [9.17, 15) is 0 Å². The molecule has 0 saturated carbocycles. The van der Waals surface area contributed by atoms with Crippen LogP contribution in [0, 0.1) is 5.41 Å². The second kappa shape index (κ2) is 7.65. The summed E-state index contributed by atoms with van der Waals surface area (Å²) < 4.78 is 5.54. The summed E-state index contributed by atoms with van der Waals surface area (Å²) in [7, 11) is 0. The van der Waals surface area contributed by atoms with Crippen LogP contribution in [0.25, 0.3) is 0 Å². The van der Waals surface area contributed by atoms with Crippen molar-refractivity contribution < 1.29 is 4.74 Å². The first-order valence-electron chi connectivity index (χ1n) is 7.38. The quantitative estimate of drug-likeness (QED) is 0.789. The molecule has 1 N–H and O–H groups in total. The van der Waals surface area contributed by atoms with Crippen LogP contribution in [0.4, 0.5) is 0 Å². The van der Waals surface area contributed by atoms with Crippen LogP contribution in [0.2, 0.25) is 10.0 Å². The van der Waals surface area contributed by atoms with Gasteiger partial charge in [0.05, 0.1) is 10.0 Å². The highest BCUT2D eigenvalue weighted by Crippen LogP contribution is 2.35. The fourth-order valence-corrected chi connectivity index (χ4v) is 3.15. The average Bonchev–Trinajstić information content (AvgIpc) is 2.44. The lowest BCUT2D eigenvalue weighted by Gasteiger charge is -2.38. The monoisotopic (exact) mass is 315 g/mol. The van der Waals surface area contributed by atoms with Crippen LogP contribution in [-0.2, 0) is 11.2 Å². The number of halogens is 2. The summed E-state index contributed by atoms with van der Waals surface area (Å²) in [5.41, 5.74) is 1.55. The van der Waals surface area contributed by atoms with Crippen LogP contribution < -0.4 is 5.32 Å². The van der Waals surface area contributed by atoms with Gasteiger partial charge in [-0.25, -0.2) is 0 Å². The van der Waals surface area contributed by atoms with Crippen molar-refractivity contribution in [2.75, 3.05) is 26.3 Å². The maximum absolute atomic E-state index is 6.13. The highest BCUT2D eigenvalue weighted by atomic mass is 35.5. The summed E-state index contributed by atoms with van der Waals surface area (Å²) in [6, 6.07) is 5.98. The number of hydrogen-bond donors (Lipinski definition) is 1. The molecular formula is C16H23Cl2NO. The van der Waals surface area contributed by atoms with Gasteiger partial charge in [0, 0.05) is 19.8 Å². The van der Waals surface area contributed by atoms with Gasteiger partial charge in [0.2, 0.25) is 0 Å². The number of benzene rings is 1. The number of ether oxygens (including phenoxy) is 1. The smallest absolute Gasteiger partial charge is 0.0595 e. The van der Waals surface area contributed by atoms with Crippen molar-refractivity contribution in [1.29, 1.82) is 0 Å². The zero-order valence-electron chi connectivity index (χ0n) is 12.1. The van der Waals surface area contributed by atoms with Crippen molar-refractivity contribution in [3.05, 3.63) is 33.8 Å².